The van der Waals surface area contributed by atoms with Gasteiger partial charge in [-0.15, -0.1) is 0 Å². The van der Waals surface area contributed by atoms with E-state index in [4.69, 9.17) is 0 Å². The topological polar surface area (TPSA) is 86.8 Å². The van der Waals surface area contributed by atoms with E-state index in [1.54, 1.807) is 20.8 Å². The quantitative estimate of drug-likeness (QED) is 0.565. The van der Waals surface area contributed by atoms with Crippen molar-refractivity contribution in [3.8, 4) is 0 Å². The highest BCUT2D eigenvalue weighted by Gasteiger charge is 2.30. The molecule has 7 nitrogen and oxygen atoms in total. The lowest BCUT2D eigenvalue weighted by Gasteiger charge is -2.31. The number of benzene rings is 2. The van der Waals surface area contributed by atoms with Gasteiger partial charge in [0.05, 0.1) is 11.9 Å². The van der Waals surface area contributed by atoms with Crippen LogP contribution in [0.1, 0.15) is 26.3 Å². The highest BCUT2D eigenvalue weighted by atomic mass is 32.2. The van der Waals surface area contributed by atoms with Crippen molar-refractivity contribution in [2.75, 3.05) is 23.7 Å². The number of amides is 2. The van der Waals surface area contributed by atoms with E-state index < -0.39 is 40.2 Å². The molecule has 0 fully saturated rings. The molecule has 0 aromatic heterocycles. The van der Waals surface area contributed by atoms with Crippen molar-refractivity contribution in [3.63, 3.8) is 0 Å². The van der Waals surface area contributed by atoms with Crippen molar-refractivity contribution >= 4 is 27.5 Å². The molecule has 0 heterocycles. The van der Waals surface area contributed by atoms with Gasteiger partial charge in [0.15, 0.2) is 11.6 Å². The van der Waals surface area contributed by atoms with Crippen LogP contribution in [0, 0.1) is 11.6 Å². The Morgan fingerprint density at radius 3 is 2.18 bits per heavy atom. The van der Waals surface area contributed by atoms with Gasteiger partial charge in [-0.2, -0.15) is 0 Å². The molecule has 2 aromatic carbocycles. The Labute approximate surface area is 193 Å². The second-order valence-electron chi connectivity index (χ2n) is 8.03. The summed E-state index contributed by atoms with van der Waals surface area (Å²) < 4.78 is 52.5. The lowest BCUT2D eigenvalue weighted by molar-refractivity contribution is -0.139. The minimum atomic E-state index is -4.01. The third-order valence-corrected chi connectivity index (χ3v) is 6.09. The molecule has 2 aromatic rings. The summed E-state index contributed by atoms with van der Waals surface area (Å²) in [6.07, 6.45) is 1.31. The van der Waals surface area contributed by atoms with Crippen LogP contribution in [0.3, 0.4) is 0 Å². The summed E-state index contributed by atoms with van der Waals surface area (Å²) in [6.45, 7) is 4.62. The van der Waals surface area contributed by atoms with E-state index >= 15 is 0 Å². The summed E-state index contributed by atoms with van der Waals surface area (Å²) in [5, 5.41) is 2.75. The smallest absolute Gasteiger partial charge is 0.244 e. The van der Waals surface area contributed by atoms with E-state index in [-0.39, 0.29) is 24.2 Å². The Morgan fingerprint density at radius 2 is 1.64 bits per heavy atom. The van der Waals surface area contributed by atoms with E-state index in [2.05, 4.69) is 5.32 Å². The minimum Gasteiger partial charge on any atom is -0.352 e. The number of hydrogen-bond acceptors (Lipinski definition) is 4. The van der Waals surface area contributed by atoms with Gasteiger partial charge in [0.2, 0.25) is 21.8 Å². The summed E-state index contributed by atoms with van der Waals surface area (Å²) in [5.74, 6) is -3.40. The molecule has 0 bridgehead atoms. The average Bonchev–Trinajstić information content (AvgIpc) is 2.73. The van der Waals surface area contributed by atoms with Gasteiger partial charge in [0, 0.05) is 18.7 Å². The van der Waals surface area contributed by atoms with Gasteiger partial charge in [-0.1, -0.05) is 30.3 Å². The first-order valence-electron chi connectivity index (χ1n) is 10.5. The first kappa shape index (κ1) is 26.2. The summed E-state index contributed by atoms with van der Waals surface area (Å²) in [5.41, 5.74) is 0.749. The molecule has 2 rings (SSSR count). The zero-order valence-electron chi connectivity index (χ0n) is 19.1. The predicted molar refractivity (Wildman–Crippen MR) is 123 cm³/mol. The standard InChI is InChI=1S/C23H29F2N3O4S/c1-16(2)26-23(30)17(3)27(13-12-18-8-6-5-7-9-18)22(29)15-28(33(4,31)32)19-10-11-20(24)21(25)14-19/h5-11,14,16-17H,12-13,15H2,1-4H3,(H,26,30)/t17-/m1/s1. The van der Waals surface area contributed by atoms with Crippen LogP contribution in [0.4, 0.5) is 14.5 Å². The summed E-state index contributed by atoms with van der Waals surface area (Å²) >= 11 is 0. The fourth-order valence-corrected chi connectivity index (χ4v) is 4.07. The van der Waals surface area contributed by atoms with Crippen LogP contribution in [0.2, 0.25) is 0 Å². The Kier molecular flexibility index (Phi) is 8.92. The lowest BCUT2D eigenvalue weighted by atomic mass is 10.1. The number of anilines is 1. The number of carbonyl (C=O) groups excluding carboxylic acids is 2. The van der Waals surface area contributed by atoms with Gasteiger partial charge >= 0.3 is 0 Å². The summed E-state index contributed by atoms with van der Waals surface area (Å²) in [7, 11) is -4.01. The number of halogens is 2. The molecule has 0 aliphatic rings. The van der Waals surface area contributed by atoms with E-state index in [1.807, 2.05) is 30.3 Å². The summed E-state index contributed by atoms with van der Waals surface area (Å²) in [6, 6.07) is 10.9. The van der Waals surface area contributed by atoms with Crippen LogP contribution in [0.15, 0.2) is 48.5 Å². The van der Waals surface area contributed by atoms with Gasteiger partial charge in [-0.25, -0.2) is 17.2 Å². The largest absolute Gasteiger partial charge is 0.352 e. The van der Waals surface area contributed by atoms with Crippen molar-refractivity contribution in [2.45, 2.75) is 39.3 Å². The van der Waals surface area contributed by atoms with Crippen molar-refractivity contribution in [2.24, 2.45) is 0 Å². The first-order chi connectivity index (χ1) is 15.4. The lowest BCUT2D eigenvalue weighted by Crippen LogP contribution is -2.53. The monoisotopic (exact) mass is 481 g/mol. The second-order valence-corrected chi connectivity index (χ2v) is 9.94. The molecule has 0 radical (unpaired) electrons. The minimum absolute atomic E-state index is 0.152. The average molecular weight is 482 g/mol. The summed E-state index contributed by atoms with van der Waals surface area (Å²) in [4.78, 5) is 27.2. The van der Waals surface area contributed by atoms with E-state index in [9.17, 15) is 26.8 Å². The molecule has 2 amide bonds. The molecule has 0 saturated heterocycles. The van der Waals surface area contributed by atoms with Crippen molar-refractivity contribution < 1.29 is 26.8 Å². The highest BCUT2D eigenvalue weighted by Crippen LogP contribution is 2.21. The van der Waals surface area contributed by atoms with Crippen molar-refractivity contribution in [3.05, 3.63) is 65.7 Å². The maximum atomic E-state index is 13.7. The fourth-order valence-electron chi connectivity index (χ4n) is 3.23. The van der Waals surface area contributed by atoms with Crippen LogP contribution in [-0.2, 0) is 26.0 Å². The number of carbonyl (C=O) groups is 2. The molecule has 180 valence electrons. The molecule has 1 atom stereocenters. The van der Waals surface area contributed by atoms with Crippen LogP contribution < -0.4 is 9.62 Å². The zero-order valence-corrected chi connectivity index (χ0v) is 19.9. The number of nitrogens with zero attached hydrogens (tertiary/aromatic N) is 2. The Balaban J connectivity index is 2.33. The molecule has 0 aliphatic carbocycles. The normalized spacial score (nSPS) is 12.3. The van der Waals surface area contributed by atoms with Gasteiger partial charge in [0.1, 0.15) is 12.6 Å². The van der Waals surface area contributed by atoms with Crippen molar-refractivity contribution in [1.82, 2.24) is 10.2 Å². The molecule has 0 aliphatic heterocycles. The SMILES string of the molecule is CC(C)NC(=O)[C@@H](C)N(CCc1ccccc1)C(=O)CN(c1ccc(F)c(F)c1)S(C)(=O)=O. The zero-order chi connectivity index (χ0) is 24.8. The van der Waals surface area contributed by atoms with Gasteiger partial charge in [0.25, 0.3) is 0 Å². The Hall–Kier alpha value is -3.01. The van der Waals surface area contributed by atoms with Gasteiger partial charge < -0.3 is 10.2 Å². The van der Waals surface area contributed by atoms with Crippen LogP contribution in [0.5, 0.6) is 0 Å². The molecule has 0 unspecified atom stereocenters. The first-order valence-corrected chi connectivity index (χ1v) is 12.3. The Bertz CT molecular complexity index is 1080. The maximum absolute atomic E-state index is 13.7. The molecule has 1 N–H and O–H groups in total. The fraction of sp³-hybridized carbons (Fsp3) is 0.391. The third-order valence-electron chi connectivity index (χ3n) is 4.95. The molecular weight excluding hydrogens is 452 g/mol. The third kappa shape index (κ3) is 7.52. The molecule has 0 saturated carbocycles. The maximum Gasteiger partial charge on any atom is 0.244 e. The molecule has 33 heavy (non-hydrogen) atoms. The Morgan fingerprint density at radius 1 is 1.00 bits per heavy atom. The predicted octanol–water partition coefficient (Wildman–Crippen LogP) is 2.72. The van der Waals surface area contributed by atoms with Crippen molar-refractivity contribution in [1.29, 1.82) is 0 Å². The van der Waals surface area contributed by atoms with Gasteiger partial charge in [-0.05, 0) is 44.9 Å². The molecular formula is C23H29F2N3O4S. The second kappa shape index (κ2) is 11.2. The highest BCUT2D eigenvalue weighted by molar-refractivity contribution is 7.92. The number of sulfonamides is 1. The number of rotatable bonds is 10. The van der Waals surface area contributed by atoms with Crippen LogP contribution in [-0.4, -0.2) is 56.6 Å². The van der Waals surface area contributed by atoms with Crippen LogP contribution in [0.25, 0.3) is 0 Å². The number of nitrogens with one attached hydrogen (secondary N) is 1. The van der Waals surface area contributed by atoms with Gasteiger partial charge in [-0.3, -0.25) is 13.9 Å². The molecule has 0 spiro atoms. The van der Waals surface area contributed by atoms with E-state index in [1.165, 1.54) is 4.90 Å². The van der Waals surface area contributed by atoms with E-state index in [0.717, 1.165) is 24.0 Å². The van der Waals surface area contributed by atoms with E-state index in [0.29, 0.717) is 16.8 Å². The van der Waals surface area contributed by atoms with Crippen LogP contribution >= 0.6 is 0 Å². The molecule has 10 heteroatoms. The number of hydrogen-bond donors (Lipinski definition) is 1.